The molecular weight excluding hydrogens is 320 g/mol. The molecule has 0 radical (unpaired) electrons. The third-order valence-electron chi connectivity index (χ3n) is 5.32. The van der Waals surface area contributed by atoms with Crippen molar-refractivity contribution in [3.63, 3.8) is 0 Å². The van der Waals surface area contributed by atoms with Crippen molar-refractivity contribution in [1.82, 2.24) is 19.2 Å². The van der Waals surface area contributed by atoms with Crippen molar-refractivity contribution in [2.24, 2.45) is 0 Å². The molecular formula is C22H28N4. The molecule has 3 heterocycles. The topological polar surface area (TPSA) is 23.8 Å². The lowest BCUT2D eigenvalue weighted by molar-refractivity contribution is 0.121. The van der Waals surface area contributed by atoms with Crippen LogP contribution >= 0.6 is 0 Å². The van der Waals surface area contributed by atoms with Crippen LogP contribution in [0.5, 0.6) is 0 Å². The zero-order chi connectivity index (χ0) is 17.9. The molecule has 2 aromatic heterocycles. The first-order chi connectivity index (χ1) is 12.7. The summed E-state index contributed by atoms with van der Waals surface area (Å²) in [6, 6.07) is 15.3. The summed E-state index contributed by atoms with van der Waals surface area (Å²) >= 11 is 0. The summed E-state index contributed by atoms with van der Waals surface area (Å²) < 4.78 is 2.10. The lowest BCUT2D eigenvalue weighted by Crippen LogP contribution is -2.45. The van der Waals surface area contributed by atoms with E-state index in [0.29, 0.717) is 5.92 Å². The highest BCUT2D eigenvalue weighted by molar-refractivity contribution is 5.39. The Labute approximate surface area is 156 Å². The summed E-state index contributed by atoms with van der Waals surface area (Å²) in [4.78, 5) is 9.80. The molecule has 4 nitrogen and oxygen atoms in total. The molecule has 0 N–H and O–H groups in total. The highest BCUT2D eigenvalue weighted by atomic mass is 15.3. The first-order valence-electron chi connectivity index (χ1n) is 9.63. The third kappa shape index (κ3) is 3.97. The van der Waals surface area contributed by atoms with Gasteiger partial charge in [0.15, 0.2) is 0 Å². The number of hydrogen-bond donors (Lipinski definition) is 0. The van der Waals surface area contributed by atoms with Crippen molar-refractivity contribution in [3.8, 4) is 0 Å². The van der Waals surface area contributed by atoms with E-state index in [9.17, 15) is 0 Å². The molecule has 0 aliphatic carbocycles. The zero-order valence-corrected chi connectivity index (χ0v) is 15.8. The van der Waals surface area contributed by atoms with Crippen molar-refractivity contribution in [3.05, 3.63) is 71.7 Å². The van der Waals surface area contributed by atoms with Crippen molar-refractivity contribution in [1.29, 1.82) is 0 Å². The van der Waals surface area contributed by atoms with Gasteiger partial charge in [-0.2, -0.15) is 0 Å². The van der Waals surface area contributed by atoms with Gasteiger partial charge >= 0.3 is 0 Å². The van der Waals surface area contributed by atoms with Gasteiger partial charge in [-0.1, -0.05) is 44.2 Å². The number of benzene rings is 1. The largest absolute Gasteiger partial charge is 0.307 e. The summed E-state index contributed by atoms with van der Waals surface area (Å²) in [6.45, 7) is 11.0. The Morgan fingerprint density at radius 2 is 1.58 bits per heavy atom. The van der Waals surface area contributed by atoms with E-state index < -0.39 is 0 Å². The minimum Gasteiger partial charge on any atom is -0.307 e. The monoisotopic (exact) mass is 348 g/mol. The van der Waals surface area contributed by atoms with Gasteiger partial charge in [-0.05, 0) is 29.2 Å². The SMILES string of the molecule is CC(C)c1ccc(CN2CCN(Cc3cn4ccccc4n3)CC2)cc1. The smallest absolute Gasteiger partial charge is 0.137 e. The molecule has 0 atom stereocenters. The molecule has 0 spiro atoms. The van der Waals surface area contributed by atoms with Gasteiger partial charge in [-0.25, -0.2) is 4.98 Å². The summed E-state index contributed by atoms with van der Waals surface area (Å²) in [5.74, 6) is 0.604. The van der Waals surface area contributed by atoms with Gasteiger partial charge in [0.25, 0.3) is 0 Å². The second kappa shape index (κ2) is 7.60. The highest BCUT2D eigenvalue weighted by Crippen LogP contribution is 2.17. The van der Waals surface area contributed by atoms with Gasteiger partial charge in [0.05, 0.1) is 5.69 Å². The number of fused-ring (bicyclic) bond motifs is 1. The van der Waals surface area contributed by atoms with Crippen LogP contribution in [0.15, 0.2) is 54.9 Å². The molecule has 1 aromatic carbocycles. The molecule has 3 aromatic rings. The molecule has 0 amide bonds. The molecule has 0 bridgehead atoms. The normalized spacial score (nSPS) is 16.6. The maximum absolute atomic E-state index is 4.72. The number of imidazole rings is 1. The summed E-state index contributed by atoms with van der Waals surface area (Å²) in [6.07, 6.45) is 4.21. The van der Waals surface area contributed by atoms with E-state index in [4.69, 9.17) is 4.98 Å². The predicted octanol–water partition coefficient (Wildman–Crippen LogP) is 3.78. The molecule has 26 heavy (non-hydrogen) atoms. The fraction of sp³-hybridized carbons (Fsp3) is 0.409. The van der Waals surface area contributed by atoms with E-state index in [-0.39, 0.29) is 0 Å². The average molecular weight is 348 g/mol. The number of pyridine rings is 1. The van der Waals surface area contributed by atoms with Gasteiger partial charge in [0.1, 0.15) is 5.65 Å². The minimum absolute atomic E-state index is 0.604. The zero-order valence-electron chi connectivity index (χ0n) is 15.8. The quantitative estimate of drug-likeness (QED) is 0.701. The van der Waals surface area contributed by atoms with E-state index >= 15 is 0 Å². The molecule has 0 unspecified atom stereocenters. The highest BCUT2D eigenvalue weighted by Gasteiger charge is 2.18. The average Bonchev–Trinajstić information content (AvgIpc) is 3.06. The van der Waals surface area contributed by atoms with E-state index in [1.165, 1.54) is 11.1 Å². The van der Waals surface area contributed by atoms with E-state index in [1.807, 2.05) is 12.1 Å². The Hall–Kier alpha value is -2.17. The minimum atomic E-state index is 0.604. The third-order valence-corrected chi connectivity index (χ3v) is 5.32. The van der Waals surface area contributed by atoms with Crippen molar-refractivity contribution in [2.45, 2.75) is 32.9 Å². The molecule has 4 rings (SSSR count). The molecule has 1 saturated heterocycles. The summed E-state index contributed by atoms with van der Waals surface area (Å²) in [5.41, 5.74) is 5.04. The van der Waals surface area contributed by atoms with Crippen molar-refractivity contribution in [2.75, 3.05) is 26.2 Å². The van der Waals surface area contributed by atoms with E-state index in [1.54, 1.807) is 0 Å². The van der Waals surface area contributed by atoms with Crippen LogP contribution in [0.3, 0.4) is 0 Å². The Bertz CT molecular complexity index is 809. The summed E-state index contributed by atoms with van der Waals surface area (Å²) in [7, 11) is 0. The predicted molar refractivity (Wildman–Crippen MR) is 106 cm³/mol. The van der Waals surface area contributed by atoms with Crippen LogP contribution < -0.4 is 0 Å². The second-order valence-electron chi connectivity index (χ2n) is 7.65. The lowest BCUT2D eigenvalue weighted by atomic mass is 10.0. The lowest BCUT2D eigenvalue weighted by Gasteiger charge is -2.34. The fourth-order valence-electron chi connectivity index (χ4n) is 3.66. The molecule has 1 aliphatic heterocycles. The first kappa shape index (κ1) is 17.3. The number of rotatable bonds is 5. The molecule has 136 valence electrons. The number of piperazine rings is 1. The number of aromatic nitrogens is 2. The Balaban J connectivity index is 1.29. The molecule has 0 saturated carbocycles. The van der Waals surface area contributed by atoms with E-state index in [0.717, 1.165) is 50.6 Å². The Morgan fingerprint density at radius 1 is 0.885 bits per heavy atom. The van der Waals surface area contributed by atoms with Crippen LogP contribution in [0.4, 0.5) is 0 Å². The summed E-state index contributed by atoms with van der Waals surface area (Å²) in [5, 5.41) is 0. The van der Waals surface area contributed by atoms with Crippen LogP contribution in [-0.2, 0) is 13.1 Å². The van der Waals surface area contributed by atoms with Crippen molar-refractivity contribution < 1.29 is 0 Å². The number of nitrogens with zero attached hydrogens (tertiary/aromatic N) is 4. The maximum Gasteiger partial charge on any atom is 0.137 e. The Morgan fingerprint density at radius 3 is 2.23 bits per heavy atom. The van der Waals surface area contributed by atoms with Gasteiger partial charge in [0.2, 0.25) is 0 Å². The van der Waals surface area contributed by atoms with Gasteiger partial charge < -0.3 is 4.40 Å². The van der Waals surface area contributed by atoms with E-state index in [2.05, 4.69) is 70.8 Å². The van der Waals surface area contributed by atoms with Crippen molar-refractivity contribution >= 4 is 5.65 Å². The fourth-order valence-corrected chi connectivity index (χ4v) is 3.66. The first-order valence-corrected chi connectivity index (χ1v) is 9.63. The maximum atomic E-state index is 4.72. The molecule has 1 fully saturated rings. The van der Waals surface area contributed by atoms with Gasteiger partial charge in [0, 0.05) is 51.7 Å². The van der Waals surface area contributed by atoms with Gasteiger partial charge in [-0.3, -0.25) is 9.80 Å². The van der Waals surface area contributed by atoms with Crippen LogP contribution in [0.25, 0.3) is 5.65 Å². The Kier molecular flexibility index (Phi) is 5.05. The van der Waals surface area contributed by atoms with Crippen LogP contribution in [0.2, 0.25) is 0 Å². The molecule has 4 heteroatoms. The number of hydrogen-bond acceptors (Lipinski definition) is 3. The standard InChI is InChI=1S/C22H28N4/c1-18(2)20-8-6-19(7-9-20)15-24-11-13-25(14-12-24)16-21-17-26-10-4-3-5-22(26)23-21/h3-10,17-18H,11-16H2,1-2H3. The van der Waals surface area contributed by atoms with Crippen LogP contribution in [0, 0.1) is 0 Å². The van der Waals surface area contributed by atoms with Gasteiger partial charge in [-0.15, -0.1) is 0 Å². The van der Waals surface area contributed by atoms with Crippen LogP contribution in [-0.4, -0.2) is 45.4 Å². The van der Waals surface area contributed by atoms with Crippen LogP contribution in [0.1, 0.15) is 36.6 Å². The molecule has 1 aliphatic rings. The second-order valence-corrected chi connectivity index (χ2v) is 7.65.